The molecule has 4 aromatic rings. The molecule has 0 aliphatic heterocycles. The van der Waals surface area contributed by atoms with Crippen LogP contribution in [0.5, 0.6) is 0 Å². The summed E-state index contributed by atoms with van der Waals surface area (Å²) in [4.78, 5) is 33.4. The summed E-state index contributed by atoms with van der Waals surface area (Å²) >= 11 is 3.32. The third-order valence-electron chi connectivity index (χ3n) is 5.09. The number of nitrogens with zero attached hydrogens (tertiary/aromatic N) is 4. The number of hydrogen-bond donors (Lipinski definition) is 2. The van der Waals surface area contributed by atoms with Crippen LogP contribution in [-0.4, -0.2) is 38.7 Å². The summed E-state index contributed by atoms with van der Waals surface area (Å²) in [6.07, 6.45) is 3.34. The number of fused-ring (bicyclic) bond motifs is 1. The van der Waals surface area contributed by atoms with E-state index in [-0.39, 0.29) is 11.9 Å². The van der Waals surface area contributed by atoms with E-state index in [1.165, 1.54) is 7.11 Å². The largest absolute Gasteiger partial charge is 0.465 e. The van der Waals surface area contributed by atoms with Crippen molar-refractivity contribution in [1.82, 2.24) is 19.7 Å². The Bertz CT molecular complexity index is 1350. The first-order valence-electron chi connectivity index (χ1n) is 10.1. The predicted octanol–water partition coefficient (Wildman–Crippen LogP) is 4.34. The van der Waals surface area contributed by atoms with Crippen molar-refractivity contribution in [3.8, 4) is 0 Å². The van der Waals surface area contributed by atoms with Crippen LogP contribution in [0.4, 0.5) is 11.5 Å². The van der Waals surface area contributed by atoms with Gasteiger partial charge in [0.1, 0.15) is 11.3 Å². The second kappa shape index (κ2) is 9.37. The number of methoxy groups -OCH3 is 1. The predicted molar refractivity (Wildman–Crippen MR) is 128 cm³/mol. The molecule has 1 atom stereocenters. The number of benzene rings is 2. The second-order valence-corrected chi connectivity index (χ2v) is 8.22. The number of rotatable bonds is 6. The van der Waals surface area contributed by atoms with Crippen molar-refractivity contribution in [3.05, 3.63) is 76.0 Å². The second-order valence-electron chi connectivity index (χ2n) is 7.36. The van der Waals surface area contributed by atoms with Crippen LogP contribution in [0.3, 0.4) is 0 Å². The molecule has 2 aromatic heterocycles. The third kappa shape index (κ3) is 4.85. The van der Waals surface area contributed by atoms with E-state index in [0.717, 1.165) is 11.1 Å². The average molecular weight is 509 g/mol. The van der Waals surface area contributed by atoms with E-state index in [1.807, 2.05) is 38.2 Å². The summed E-state index contributed by atoms with van der Waals surface area (Å²) in [5, 5.41) is 10.4. The molecule has 2 aromatic carbocycles. The number of hydrogen-bond acceptors (Lipinski definition) is 7. The van der Waals surface area contributed by atoms with Crippen molar-refractivity contribution in [3.63, 3.8) is 0 Å². The Morgan fingerprint density at radius 1 is 1.15 bits per heavy atom. The molecule has 0 saturated heterocycles. The fraction of sp³-hybridized carbons (Fsp3) is 0.174. The van der Waals surface area contributed by atoms with Crippen molar-refractivity contribution < 1.29 is 14.3 Å². The Balaban J connectivity index is 1.47. The van der Waals surface area contributed by atoms with E-state index in [4.69, 9.17) is 4.74 Å². The zero-order chi connectivity index (χ0) is 23.5. The van der Waals surface area contributed by atoms with Gasteiger partial charge >= 0.3 is 5.97 Å². The molecule has 9 nitrogen and oxygen atoms in total. The molecule has 4 rings (SSSR count). The normalized spacial score (nSPS) is 11.8. The standard InChI is InChI=1S/C23H21BrN6O3/c1-13(27-20-12-25-19-11-26-30(2)21(19)29-20)14-5-4-6-16(9-14)28-22(31)15-7-8-17(18(24)10-15)23(32)33-3/h4-13H,1-3H3,(H,27,29)(H,28,31)/t13-/m0/s1. The molecular weight excluding hydrogens is 488 g/mol. The van der Waals surface area contributed by atoms with E-state index in [0.29, 0.717) is 32.8 Å². The highest BCUT2D eigenvalue weighted by molar-refractivity contribution is 9.10. The summed E-state index contributed by atoms with van der Waals surface area (Å²) < 4.78 is 6.88. The number of esters is 1. The number of amides is 1. The minimum absolute atomic E-state index is 0.0877. The first-order valence-corrected chi connectivity index (χ1v) is 10.9. The summed E-state index contributed by atoms with van der Waals surface area (Å²) in [7, 11) is 3.12. The van der Waals surface area contributed by atoms with Gasteiger partial charge in [-0.15, -0.1) is 0 Å². The molecule has 1 amide bonds. The monoisotopic (exact) mass is 508 g/mol. The van der Waals surface area contributed by atoms with Gasteiger partial charge in [-0.2, -0.15) is 5.10 Å². The molecule has 0 aliphatic carbocycles. The van der Waals surface area contributed by atoms with Crippen LogP contribution < -0.4 is 10.6 Å². The number of halogens is 1. The van der Waals surface area contributed by atoms with Crippen LogP contribution in [0, 0.1) is 0 Å². The molecule has 0 unspecified atom stereocenters. The number of ether oxygens (including phenoxy) is 1. The lowest BCUT2D eigenvalue weighted by molar-refractivity contribution is 0.0599. The molecule has 2 N–H and O–H groups in total. The Labute approximate surface area is 198 Å². The van der Waals surface area contributed by atoms with Gasteiger partial charge in [-0.05, 0) is 58.7 Å². The van der Waals surface area contributed by atoms with Gasteiger partial charge in [0, 0.05) is 22.8 Å². The number of aryl methyl sites for hydroxylation is 1. The smallest absolute Gasteiger partial charge is 0.339 e. The highest BCUT2D eigenvalue weighted by atomic mass is 79.9. The maximum absolute atomic E-state index is 12.7. The summed E-state index contributed by atoms with van der Waals surface area (Å²) in [5.41, 5.74) is 3.79. The zero-order valence-electron chi connectivity index (χ0n) is 18.2. The quantitative estimate of drug-likeness (QED) is 0.372. The van der Waals surface area contributed by atoms with E-state index < -0.39 is 5.97 Å². The van der Waals surface area contributed by atoms with Gasteiger partial charge in [-0.3, -0.25) is 4.79 Å². The topological polar surface area (TPSA) is 111 Å². The summed E-state index contributed by atoms with van der Waals surface area (Å²) in [6.45, 7) is 2.00. The van der Waals surface area contributed by atoms with Gasteiger partial charge in [-0.1, -0.05) is 12.1 Å². The molecule has 2 heterocycles. The van der Waals surface area contributed by atoms with E-state index in [9.17, 15) is 9.59 Å². The lowest BCUT2D eigenvalue weighted by Crippen LogP contribution is -2.14. The molecule has 10 heteroatoms. The van der Waals surface area contributed by atoms with Crippen LogP contribution in [0.2, 0.25) is 0 Å². The minimum atomic E-state index is -0.477. The molecule has 0 spiro atoms. The average Bonchev–Trinajstić information content (AvgIpc) is 3.18. The highest BCUT2D eigenvalue weighted by Crippen LogP contribution is 2.23. The summed E-state index contributed by atoms with van der Waals surface area (Å²) in [5.74, 6) is -0.142. The van der Waals surface area contributed by atoms with Crippen molar-refractivity contribution in [2.45, 2.75) is 13.0 Å². The molecule has 168 valence electrons. The molecule has 0 bridgehead atoms. The van der Waals surface area contributed by atoms with E-state index in [2.05, 4.69) is 41.6 Å². The zero-order valence-corrected chi connectivity index (χ0v) is 19.8. The van der Waals surface area contributed by atoms with Gasteiger partial charge in [0.15, 0.2) is 5.65 Å². The maximum atomic E-state index is 12.7. The van der Waals surface area contributed by atoms with Crippen molar-refractivity contribution >= 4 is 50.5 Å². The molecular formula is C23H21BrN6O3. The minimum Gasteiger partial charge on any atom is -0.465 e. The SMILES string of the molecule is COC(=O)c1ccc(C(=O)Nc2cccc([C@H](C)Nc3cnc4cnn(C)c4n3)c2)cc1Br. The lowest BCUT2D eigenvalue weighted by Gasteiger charge is -2.16. The van der Waals surface area contributed by atoms with Gasteiger partial charge in [0.05, 0.1) is 31.1 Å². The first kappa shape index (κ1) is 22.4. The fourth-order valence-corrected chi connectivity index (χ4v) is 3.85. The molecule has 0 aliphatic rings. The van der Waals surface area contributed by atoms with Gasteiger partial charge in [0.2, 0.25) is 0 Å². The van der Waals surface area contributed by atoms with Gasteiger partial charge < -0.3 is 15.4 Å². The molecule has 0 fully saturated rings. The Kier molecular flexibility index (Phi) is 6.36. The van der Waals surface area contributed by atoms with Gasteiger partial charge in [-0.25, -0.2) is 19.4 Å². The van der Waals surface area contributed by atoms with Crippen LogP contribution in [0.15, 0.2) is 59.3 Å². The van der Waals surface area contributed by atoms with E-state index in [1.54, 1.807) is 35.3 Å². The number of nitrogens with one attached hydrogen (secondary N) is 2. The number of anilines is 2. The Morgan fingerprint density at radius 3 is 2.73 bits per heavy atom. The van der Waals surface area contributed by atoms with Crippen LogP contribution in [-0.2, 0) is 11.8 Å². The number of carbonyl (C=O) groups excluding carboxylic acids is 2. The van der Waals surface area contributed by atoms with Gasteiger partial charge in [0.25, 0.3) is 5.91 Å². The molecule has 0 radical (unpaired) electrons. The number of carbonyl (C=O) groups is 2. The van der Waals surface area contributed by atoms with Crippen molar-refractivity contribution in [2.75, 3.05) is 17.7 Å². The summed E-state index contributed by atoms with van der Waals surface area (Å²) in [6, 6.07) is 12.2. The Hall–Kier alpha value is -3.79. The fourth-order valence-electron chi connectivity index (χ4n) is 3.31. The maximum Gasteiger partial charge on any atom is 0.339 e. The first-order chi connectivity index (χ1) is 15.9. The molecule has 0 saturated carbocycles. The van der Waals surface area contributed by atoms with Crippen LogP contribution >= 0.6 is 15.9 Å². The van der Waals surface area contributed by atoms with Crippen LogP contribution in [0.1, 0.15) is 39.2 Å². The van der Waals surface area contributed by atoms with Crippen molar-refractivity contribution in [1.29, 1.82) is 0 Å². The Morgan fingerprint density at radius 2 is 1.97 bits per heavy atom. The third-order valence-corrected chi connectivity index (χ3v) is 5.74. The van der Waals surface area contributed by atoms with E-state index >= 15 is 0 Å². The van der Waals surface area contributed by atoms with Crippen LogP contribution in [0.25, 0.3) is 11.2 Å². The number of aromatic nitrogens is 4. The highest BCUT2D eigenvalue weighted by Gasteiger charge is 2.15. The lowest BCUT2D eigenvalue weighted by atomic mass is 10.1. The van der Waals surface area contributed by atoms with Crippen molar-refractivity contribution in [2.24, 2.45) is 7.05 Å². The molecule has 33 heavy (non-hydrogen) atoms.